The molecule has 0 spiro atoms. The maximum Gasteiger partial charge on any atom is 0.407 e. The van der Waals surface area contributed by atoms with E-state index in [1.165, 1.54) is 4.90 Å². The zero-order valence-corrected chi connectivity index (χ0v) is 17.4. The molecule has 1 aromatic heterocycles. The molecule has 1 atom stereocenters. The molecule has 1 unspecified atom stereocenters. The Morgan fingerprint density at radius 1 is 1.26 bits per heavy atom. The topological polar surface area (TPSA) is 111 Å². The van der Waals surface area contributed by atoms with E-state index >= 15 is 0 Å². The Labute approximate surface area is 180 Å². The number of likely N-dealkylation sites (tertiary alicyclic amines) is 1. The van der Waals surface area contributed by atoms with Crippen LogP contribution in [0.25, 0.3) is 22.0 Å². The van der Waals surface area contributed by atoms with Gasteiger partial charge in [-0.3, -0.25) is 0 Å². The van der Waals surface area contributed by atoms with Crippen molar-refractivity contribution in [1.29, 1.82) is 5.26 Å². The lowest BCUT2D eigenvalue weighted by atomic mass is 10.0. The van der Waals surface area contributed by atoms with E-state index in [-0.39, 0.29) is 6.04 Å². The van der Waals surface area contributed by atoms with Crippen LogP contribution in [-0.2, 0) is 0 Å². The molecule has 1 amide bonds. The van der Waals surface area contributed by atoms with Gasteiger partial charge in [-0.1, -0.05) is 17.7 Å². The van der Waals surface area contributed by atoms with Gasteiger partial charge in [0.05, 0.1) is 18.7 Å². The summed E-state index contributed by atoms with van der Waals surface area (Å²) in [4.78, 5) is 12.8. The van der Waals surface area contributed by atoms with Gasteiger partial charge >= 0.3 is 6.09 Å². The van der Waals surface area contributed by atoms with Crippen LogP contribution in [0.4, 0.5) is 10.6 Å². The molecule has 158 valence electrons. The normalized spacial score (nSPS) is 16.0. The first-order valence-corrected chi connectivity index (χ1v) is 10.1. The van der Waals surface area contributed by atoms with E-state index in [2.05, 4.69) is 21.6 Å². The molecule has 2 aromatic carbocycles. The maximum absolute atomic E-state index is 11.3. The van der Waals surface area contributed by atoms with Crippen molar-refractivity contribution < 1.29 is 14.6 Å². The van der Waals surface area contributed by atoms with Gasteiger partial charge in [-0.05, 0) is 44.0 Å². The number of nitrogens with zero attached hydrogens (tertiary/aromatic N) is 4. The first-order chi connectivity index (χ1) is 15.0. The fraction of sp³-hybridized carbons (Fsp3) is 0.304. The van der Waals surface area contributed by atoms with E-state index < -0.39 is 6.09 Å². The molecule has 31 heavy (non-hydrogen) atoms. The van der Waals surface area contributed by atoms with Crippen LogP contribution in [0.5, 0.6) is 5.75 Å². The Kier molecular flexibility index (Phi) is 5.58. The van der Waals surface area contributed by atoms with Gasteiger partial charge < -0.3 is 20.1 Å². The number of ether oxygens (including phenoxy) is 1. The van der Waals surface area contributed by atoms with Crippen molar-refractivity contribution in [3.63, 3.8) is 0 Å². The number of carbonyl (C=O) groups is 1. The van der Waals surface area contributed by atoms with Crippen molar-refractivity contribution in [2.24, 2.45) is 0 Å². The monoisotopic (exact) mass is 417 g/mol. The molecule has 0 bridgehead atoms. The largest absolute Gasteiger partial charge is 0.496 e. The third-order valence-electron chi connectivity index (χ3n) is 5.55. The Bertz CT molecular complexity index is 1190. The van der Waals surface area contributed by atoms with E-state index in [4.69, 9.17) is 4.74 Å². The van der Waals surface area contributed by atoms with Gasteiger partial charge in [0.2, 0.25) is 0 Å². The second-order valence-corrected chi connectivity index (χ2v) is 7.69. The molecule has 0 radical (unpaired) electrons. The average Bonchev–Trinajstić information content (AvgIpc) is 2.79. The fourth-order valence-corrected chi connectivity index (χ4v) is 3.99. The molecule has 1 aliphatic rings. The number of nitrogens with one attached hydrogen (secondary N) is 1. The number of anilines is 1. The summed E-state index contributed by atoms with van der Waals surface area (Å²) in [6.07, 6.45) is 0.764. The van der Waals surface area contributed by atoms with Crippen molar-refractivity contribution in [1.82, 2.24) is 15.1 Å². The zero-order valence-electron chi connectivity index (χ0n) is 17.4. The number of fused-ring (bicyclic) bond motifs is 1. The van der Waals surface area contributed by atoms with Crippen molar-refractivity contribution in [3.8, 4) is 23.1 Å². The summed E-state index contributed by atoms with van der Waals surface area (Å²) < 4.78 is 5.51. The maximum atomic E-state index is 11.3. The van der Waals surface area contributed by atoms with E-state index in [9.17, 15) is 15.2 Å². The minimum absolute atomic E-state index is 0.0287. The molecule has 8 heteroatoms. The second kappa shape index (κ2) is 8.48. The molecule has 8 nitrogen and oxygen atoms in total. The highest BCUT2D eigenvalue weighted by Gasteiger charge is 2.24. The Balaban J connectivity index is 1.77. The highest BCUT2D eigenvalue weighted by molar-refractivity contribution is 6.01. The van der Waals surface area contributed by atoms with E-state index in [0.29, 0.717) is 35.9 Å². The standard InChI is InChI=1S/C23H23N5O3/c1-14-5-7-17-19(10-14)21(18-8-6-15(12-24)11-20(18)31-2)26-27-22(17)25-16-4-3-9-28(13-16)23(29)30/h5-8,10-11,16H,3-4,9,13H2,1-2H3,(H,25,27)(H,29,30). The lowest BCUT2D eigenvalue weighted by molar-refractivity contribution is 0.133. The summed E-state index contributed by atoms with van der Waals surface area (Å²) >= 11 is 0. The number of hydrogen-bond acceptors (Lipinski definition) is 6. The summed E-state index contributed by atoms with van der Waals surface area (Å²) in [5.41, 5.74) is 3.01. The Hall–Kier alpha value is -3.86. The average molecular weight is 417 g/mol. The van der Waals surface area contributed by atoms with Gasteiger partial charge in [-0.15, -0.1) is 10.2 Å². The van der Waals surface area contributed by atoms with Gasteiger partial charge in [0, 0.05) is 35.5 Å². The van der Waals surface area contributed by atoms with Crippen LogP contribution in [0.1, 0.15) is 24.0 Å². The first kappa shape index (κ1) is 20.4. The first-order valence-electron chi connectivity index (χ1n) is 10.1. The number of carboxylic acid groups (broad SMARTS) is 1. The van der Waals surface area contributed by atoms with E-state index in [1.807, 2.05) is 31.2 Å². The molecule has 1 aliphatic heterocycles. The Morgan fingerprint density at radius 2 is 2.10 bits per heavy atom. The molecule has 0 saturated carbocycles. The SMILES string of the molecule is COc1cc(C#N)ccc1-c1nnc(NC2CCCN(C(=O)O)C2)c2ccc(C)cc12. The number of amides is 1. The minimum Gasteiger partial charge on any atom is -0.496 e. The highest BCUT2D eigenvalue weighted by atomic mass is 16.5. The van der Waals surface area contributed by atoms with Crippen LogP contribution in [0.3, 0.4) is 0 Å². The van der Waals surface area contributed by atoms with Gasteiger partial charge in [-0.2, -0.15) is 5.26 Å². The lowest BCUT2D eigenvalue weighted by Crippen LogP contribution is -2.44. The third kappa shape index (κ3) is 4.08. The molecule has 3 aromatic rings. The number of rotatable bonds is 4. The number of aryl methyl sites for hydroxylation is 1. The quantitative estimate of drug-likeness (QED) is 0.659. The molecule has 2 N–H and O–H groups in total. The molecular weight excluding hydrogens is 394 g/mol. The summed E-state index contributed by atoms with van der Waals surface area (Å²) in [7, 11) is 1.56. The smallest absolute Gasteiger partial charge is 0.407 e. The summed E-state index contributed by atoms with van der Waals surface area (Å²) in [5, 5.41) is 32.7. The van der Waals surface area contributed by atoms with Crippen LogP contribution in [0.15, 0.2) is 36.4 Å². The van der Waals surface area contributed by atoms with Gasteiger partial charge in [-0.25, -0.2) is 4.79 Å². The third-order valence-corrected chi connectivity index (χ3v) is 5.55. The second-order valence-electron chi connectivity index (χ2n) is 7.69. The minimum atomic E-state index is -0.902. The fourth-order valence-electron chi connectivity index (χ4n) is 3.99. The zero-order chi connectivity index (χ0) is 22.0. The van der Waals surface area contributed by atoms with Crippen LogP contribution in [0, 0.1) is 18.3 Å². The summed E-state index contributed by atoms with van der Waals surface area (Å²) in [5.74, 6) is 1.19. The van der Waals surface area contributed by atoms with Crippen LogP contribution < -0.4 is 10.1 Å². The predicted octanol–water partition coefficient (Wildman–Crippen LogP) is 4.04. The molecular formula is C23H23N5O3. The highest BCUT2D eigenvalue weighted by Crippen LogP contribution is 2.36. The number of methoxy groups -OCH3 is 1. The number of benzene rings is 2. The summed E-state index contributed by atoms with van der Waals surface area (Å²) in [6.45, 7) is 2.98. The molecule has 0 aliphatic carbocycles. The molecule has 4 rings (SSSR count). The number of hydrogen-bond donors (Lipinski definition) is 2. The van der Waals surface area contributed by atoms with Crippen LogP contribution in [-0.4, -0.2) is 52.5 Å². The van der Waals surface area contributed by atoms with Crippen molar-refractivity contribution in [2.45, 2.75) is 25.8 Å². The van der Waals surface area contributed by atoms with Crippen molar-refractivity contribution in [2.75, 3.05) is 25.5 Å². The van der Waals surface area contributed by atoms with Gasteiger partial charge in [0.25, 0.3) is 0 Å². The lowest BCUT2D eigenvalue weighted by Gasteiger charge is -2.31. The van der Waals surface area contributed by atoms with Crippen LogP contribution >= 0.6 is 0 Å². The van der Waals surface area contributed by atoms with E-state index in [0.717, 1.165) is 34.7 Å². The molecule has 1 fully saturated rings. The van der Waals surface area contributed by atoms with E-state index in [1.54, 1.807) is 19.2 Å². The number of aromatic nitrogens is 2. The van der Waals surface area contributed by atoms with Crippen molar-refractivity contribution >= 4 is 22.7 Å². The summed E-state index contributed by atoms with van der Waals surface area (Å²) in [6, 6.07) is 13.4. The van der Waals surface area contributed by atoms with Crippen LogP contribution in [0.2, 0.25) is 0 Å². The number of piperidine rings is 1. The molecule has 1 saturated heterocycles. The van der Waals surface area contributed by atoms with Gasteiger partial charge in [0.1, 0.15) is 11.4 Å². The van der Waals surface area contributed by atoms with Crippen molar-refractivity contribution in [3.05, 3.63) is 47.5 Å². The Morgan fingerprint density at radius 3 is 2.84 bits per heavy atom. The van der Waals surface area contributed by atoms with Gasteiger partial charge in [0.15, 0.2) is 5.82 Å². The number of nitriles is 1. The molecule has 2 heterocycles. The predicted molar refractivity (Wildman–Crippen MR) is 117 cm³/mol.